The third-order valence-corrected chi connectivity index (χ3v) is 7.85. The van der Waals surface area contributed by atoms with Crippen molar-refractivity contribution in [1.29, 1.82) is 0 Å². The van der Waals surface area contributed by atoms with Crippen molar-refractivity contribution in [2.75, 3.05) is 26.2 Å². The van der Waals surface area contributed by atoms with Crippen LogP contribution in [0.4, 0.5) is 0 Å². The zero-order valence-electron chi connectivity index (χ0n) is 18.2. The predicted octanol–water partition coefficient (Wildman–Crippen LogP) is 3.60. The van der Waals surface area contributed by atoms with Crippen molar-refractivity contribution in [1.82, 2.24) is 15.1 Å². The Morgan fingerprint density at radius 3 is 2.63 bits per heavy atom. The number of likely N-dealkylation sites (tertiary alicyclic amines) is 1. The molecule has 1 aromatic carbocycles. The number of piperidine rings is 1. The molecule has 2 amide bonds. The largest absolute Gasteiger partial charge is 0.355 e. The third kappa shape index (κ3) is 4.11. The zero-order chi connectivity index (χ0) is 21.3. The van der Waals surface area contributed by atoms with Crippen LogP contribution in [0.2, 0.25) is 5.02 Å². The van der Waals surface area contributed by atoms with Gasteiger partial charge >= 0.3 is 0 Å². The first kappa shape index (κ1) is 21.6. The van der Waals surface area contributed by atoms with Gasteiger partial charge in [-0.3, -0.25) is 9.59 Å². The molecule has 0 saturated carbocycles. The van der Waals surface area contributed by atoms with E-state index in [9.17, 15) is 9.59 Å². The molecule has 6 heteroatoms. The lowest BCUT2D eigenvalue weighted by molar-refractivity contribution is -0.129. The van der Waals surface area contributed by atoms with E-state index in [4.69, 9.17) is 11.6 Å². The molecule has 1 N–H and O–H groups in total. The number of fused-ring (bicyclic) bond motifs is 1. The molecule has 0 aromatic heterocycles. The molecule has 164 valence electrons. The van der Waals surface area contributed by atoms with E-state index < -0.39 is 5.41 Å². The van der Waals surface area contributed by atoms with Gasteiger partial charge in [0.15, 0.2) is 0 Å². The smallest absolute Gasteiger partial charge is 0.232 e. The Morgan fingerprint density at radius 2 is 1.97 bits per heavy atom. The molecule has 0 bridgehead atoms. The summed E-state index contributed by atoms with van der Waals surface area (Å²) in [7, 11) is 0. The molecule has 0 spiro atoms. The maximum atomic E-state index is 13.5. The molecule has 30 heavy (non-hydrogen) atoms. The van der Waals surface area contributed by atoms with Gasteiger partial charge in [0.25, 0.3) is 0 Å². The van der Waals surface area contributed by atoms with E-state index in [0.29, 0.717) is 42.9 Å². The minimum absolute atomic E-state index is 0.0254. The van der Waals surface area contributed by atoms with E-state index in [2.05, 4.69) is 24.1 Å². The Morgan fingerprint density at radius 1 is 1.23 bits per heavy atom. The van der Waals surface area contributed by atoms with Gasteiger partial charge in [-0.1, -0.05) is 29.8 Å². The SMILES string of the molecule is CC(C)N1CCC(CCNC(=O)C2(c3ccccc3Cl)CC3CCC(=O)N3C2)CC1. The van der Waals surface area contributed by atoms with Crippen molar-refractivity contribution >= 4 is 23.4 Å². The summed E-state index contributed by atoms with van der Waals surface area (Å²) < 4.78 is 0. The summed E-state index contributed by atoms with van der Waals surface area (Å²) in [6.07, 6.45) is 5.53. The average molecular weight is 432 g/mol. The lowest BCUT2D eigenvalue weighted by Crippen LogP contribution is -2.48. The molecule has 5 nitrogen and oxygen atoms in total. The van der Waals surface area contributed by atoms with Crippen molar-refractivity contribution in [3.8, 4) is 0 Å². The van der Waals surface area contributed by atoms with Crippen LogP contribution in [0.25, 0.3) is 0 Å². The van der Waals surface area contributed by atoms with E-state index in [1.165, 1.54) is 12.8 Å². The number of benzene rings is 1. The van der Waals surface area contributed by atoms with Gasteiger partial charge in [-0.2, -0.15) is 0 Å². The summed E-state index contributed by atoms with van der Waals surface area (Å²) in [6.45, 7) is 7.95. The maximum absolute atomic E-state index is 13.5. The average Bonchev–Trinajstić information content (AvgIpc) is 3.28. The van der Waals surface area contributed by atoms with Crippen LogP contribution in [0.15, 0.2) is 24.3 Å². The van der Waals surface area contributed by atoms with Crippen LogP contribution in [-0.2, 0) is 15.0 Å². The molecule has 3 fully saturated rings. The zero-order valence-corrected chi connectivity index (χ0v) is 19.0. The Bertz CT molecular complexity index is 790. The van der Waals surface area contributed by atoms with Crippen molar-refractivity contribution in [3.05, 3.63) is 34.9 Å². The van der Waals surface area contributed by atoms with Crippen LogP contribution in [-0.4, -0.2) is 59.9 Å². The molecule has 4 rings (SSSR count). The lowest BCUT2D eigenvalue weighted by Gasteiger charge is -2.35. The summed E-state index contributed by atoms with van der Waals surface area (Å²) in [5.74, 6) is 0.862. The van der Waals surface area contributed by atoms with Gasteiger partial charge in [-0.15, -0.1) is 0 Å². The molecule has 0 radical (unpaired) electrons. The van der Waals surface area contributed by atoms with Crippen LogP contribution in [0, 0.1) is 5.92 Å². The van der Waals surface area contributed by atoms with Crippen molar-refractivity contribution in [3.63, 3.8) is 0 Å². The minimum Gasteiger partial charge on any atom is -0.355 e. The van der Waals surface area contributed by atoms with E-state index in [-0.39, 0.29) is 17.9 Å². The Balaban J connectivity index is 1.42. The molecule has 2 unspecified atom stereocenters. The van der Waals surface area contributed by atoms with Crippen LogP contribution in [0.1, 0.15) is 57.9 Å². The second kappa shape index (κ2) is 8.88. The van der Waals surface area contributed by atoms with Crippen molar-refractivity contribution in [2.45, 2.75) is 69.9 Å². The van der Waals surface area contributed by atoms with Gasteiger partial charge in [0.1, 0.15) is 0 Å². The van der Waals surface area contributed by atoms with Crippen LogP contribution < -0.4 is 5.32 Å². The fourth-order valence-electron chi connectivity index (χ4n) is 5.63. The lowest BCUT2D eigenvalue weighted by atomic mass is 9.76. The molecule has 3 aliphatic heterocycles. The quantitative estimate of drug-likeness (QED) is 0.748. The molecule has 2 atom stereocenters. The first-order valence-electron chi connectivity index (χ1n) is 11.5. The molecule has 3 aliphatic rings. The van der Waals surface area contributed by atoms with Crippen LogP contribution in [0.3, 0.4) is 0 Å². The van der Waals surface area contributed by atoms with Gasteiger partial charge in [0.2, 0.25) is 11.8 Å². The molecule has 3 heterocycles. The highest BCUT2D eigenvalue weighted by Crippen LogP contribution is 2.45. The number of nitrogens with one attached hydrogen (secondary N) is 1. The number of amides is 2. The molecular formula is C24H34ClN3O2. The molecular weight excluding hydrogens is 398 g/mol. The van der Waals surface area contributed by atoms with E-state index in [1.807, 2.05) is 29.2 Å². The summed E-state index contributed by atoms with van der Waals surface area (Å²) in [5, 5.41) is 3.84. The number of carbonyl (C=O) groups is 2. The van der Waals surface area contributed by atoms with Gasteiger partial charge in [-0.25, -0.2) is 0 Å². The second-order valence-electron chi connectivity index (χ2n) is 9.60. The summed E-state index contributed by atoms with van der Waals surface area (Å²) in [4.78, 5) is 30.3. The monoisotopic (exact) mass is 431 g/mol. The third-order valence-electron chi connectivity index (χ3n) is 7.52. The summed E-state index contributed by atoms with van der Waals surface area (Å²) in [6, 6.07) is 8.39. The van der Waals surface area contributed by atoms with Gasteiger partial charge < -0.3 is 15.1 Å². The fraction of sp³-hybridized carbons (Fsp3) is 0.667. The Hall–Kier alpha value is -1.59. The van der Waals surface area contributed by atoms with Crippen molar-refractivity contribution < 1.29 is 9.59 Å². The number of rotatable bonds is 6. The number of hydrogen-bond acceptors (Lipinski definition) is 3. The van der Waals surface area contributed by atoms with Gasteiger partial charge in [0.05, 0.1) is 5.41 Å². The second-order valence-corrected chi connectivity index (χ2v) is 10.0. The Labute approximate surface area is 185 Å². The van der Waals surface area contributed by atoms with E-state index in [1.54, 1.807) is 0 Å². The Kier molecular flexibility index (Phi) is 6.40. The van der Waals surface area contributed by atoms with E-state index >= 15 is 0 Å². The highest BCUT2D eigenvalue weighted by atomic mass is 35.5. The van der Waals surface area contributed by atoms with Crippen molar-refractivity contribution in [2.24, 2.45) is 5.92 Å². The van der Waals surface area contributed by atoms with E-state index in [0.717, 1.165) is 31.5 Å². The summed E-state index contributed by atoms with van der Waals surface area (Å²) >= 11 is 6.54. The molecule has 1 aromatic rings. The molecule has 0 aliphatic carbocycles. The number of carbonyl (C=O) groups excluding carboxylic acids is 2. The van der Waals surface area contributed by atoms with Gasteiger partial charge in [0, 0.05) is 36.6 Å². The predicted molar refractivity (Wildman–Crippen MR) is 120 cm³/mol. The number of halogens is 1. The van der Waals surface area contributed by atoms with Crippen LogP contribution in [0.5, 0.6) is 0 Å². The first-order chi connectivity index (χ1) is 14.4. The minimum atomic E-state index is -0.736. The highest BCUT2D eigenvalue weighted by molar-refractivity contribution is 6.31. The highest BCUT2D eigenvalue weighted by Gasteiger charge is 2.54. The fourth-order valence-corrected chi connectivity index (χ4v) is 5.95. The molecule has 3 saturated heterocycles. The normalized spacial score (nSPS) is 27.7. The number of hydrogen-bond donors (Lipinski definition) is 1. The number of nitrogens with zero attached hydrogens (tertiary/aromatic N) is 2. The van der Waals surface area contributed by atoms with Gasteiger partial charge in [-0.05, 0) is 76.6 Å². The maximum Gasteiger partial charge on any atom is 0.232 e. The standard InChI is InChI=1S/C24H34ClN3O2/c1-17(2)27-13-10-18(11-14-27)9-12-26-23(30)24(20-5-3-4-6-21(20)25)15-19-7-8-22(29)28(19)16-24/h3-6,17-19H,7-16H2,1-2H3,(H,26,30). The van der Waals surface area contributed by atoms with Crippen LogP contribution >= 0.6 is 11.6 Å². The first-order valence-corrected chi connectivity index (χ1v) is 11.9. The summed E-state index contributed by atoms with van der Waals surface area (Å²) in [5.41, 5.74) is 0.122. The topological polar surface area (TPSA) is 52.7 Å².